The van der Waals surface area contributed by atoms with E-state index in [1.807, 2.05) is 48.2 Å². The van der Waals surface area contributed by atoms with Gasteiger partial charge >= 0.3 is 0 Å². The number of rotatable bonds is 4. The molecule has 0 radical (unpaired) electrons. The highest BCUT2D eigenvalue weighted by atomic mass is 35.5. The van der Waals surface area contributed by atoms with Crippen molar-refractivity contribution in [2.24, 2.45) is 7.05 Å². The first-order valence-corrected chi connectivity index (χ1v) is 10.2. The molecule has 30 heavy (non-hydrogen) atoms. The van der Waals surface area contributed by atoms with Crippen LogP contribution >= 0.6 is 11.6 Å². The molecule has 3 aromatic rings. The first kappa shape index (κ1) is 20.1. The van der Waals surface area contributed by atoms with E-state index >= 15 is 0 Å². The van der Waals surface area contributed by atoms with Gasteiger partial charge in [-0.15, -0.1) is 0 Å². The van der Waals surface area contributed by atoms with E-state index < -0.39 is 0 Å². The monoisotopic (exact) mass is 422 g/mol. The number of hydrogen-bond donors (Lipinski definition) is 0. The maximum atomic E-state index is 12.6. The Morgan fingerprint density at radius 3 is 2.50 bits per heavy atom. The summed E-state index contributed by atoms with van der Waals surface area (Å²) < 4.78 is 1.60. The van der Waals surface area contributed by atoms with Crippen LogP contribution in [-0.4, -0.2) is 56.7 Å². The molecule has 0 spiro atoms. The van der Waals surface area contributed by atoms with E-state index in [9.17, 15) is 4.79 Å². The van der Waals surface area contributed by atoms with Crippen LogP contribution in [0.5, 0.6) is 0 Å². The molecule has 1 amide bonds. The summed E-state index contributed by atoms with van der Waals surface area (Å²) in [6.45, 7) is 4.58. The number of piperazine rings is 1. The van der Waals surface area contributed by atoms with Gasteiger partial charge in [0.15, 0.2) is 5.82 Å². The van der Waals surface area contributed by atoms with Crippen LogP contribution in [0, 0.1) is 6.92 Å². The Bertz CT molecular complexity index is 1070. The standard InChI is InChI=1S/C22H23ClN6O/c1-16-18(21(23)27(2)26-16)8-9-20(30)29-14-12-28(13-15-29)19-10-11-24-22(25-19)17-6-4-3-5-7-17/h3-11H,12-15H2,1-2H3/b9-8+. The van der Waals surface area contributed by atoms with Crippen LogP contribution in [0.1, 0.15) is 11.3 Å². The highest BCUT2D eigenvalue weighted by molar-refractivity contribution is 6.31. The zero-order valence-electron chi connectivity index (χ0n) is 17.0. The van der Waals surface area contributed by atoms with Gasteiger partial charge in [-0.3, -0.25) is 9.48 Å². The molecule has 3 heterocycles. The second-order valence-electron chi connectivity index (χ2n) is 7.16. The minimum Gasteiger partial charge on any atom is -0.353 e. The van der Waals surface area contributed by atoms with Crippen molar-refractivity contribution in [1.82, 2.24) is 24.6 Å². The van der Waals surface area contributed by atoms with Crippen LogP contribution in [0.2, 0.25) is 5.15 Å². The maximum absolute atomic E-state index is 12.6. The van der Waals surface area contributed by atoms with E-state index in [2.05, 4.69) is 15.0 Å². The van der Waals surface area contributed by atoms with Gasteiger partial charge in [-0.05, 0) is 19.1 Å². The minimum atomic E-state index is -0.0263. The summed E-state index contributed by atoms with van der Waals surface area (Å²) in [7, 11) is 1.78. The van der Waals surface area contributed by atoms with E-state index in [0.29, 0.717) is 24.1 Å². The number of aryl methyl sites for hydroxylation is 2. The lowest BCUT2D eigenvalue weighted by Crippen LogP contribution is -2.48. The second-order valence-corrected chi connectivity index (χ2v) is 7.52. The van der Waals surface area contributed by atoms with Gasteiger partial charge in [0, 0.05) is 56.6 Å². The average molecular weight is 423 g/mol. The van der Waals surface area contributed by atoms with Gasteiger partial charge < -0.3 is 9.80 Å². The minimum absolute atomic E-state index is 0.0263. The zero-order chi connectivity index (χ0) is 21.1. The van der Waals surface area contributed by atoms with Crippen LogP contribution in [0.3, 0.4) is 0 Å². The fourth-order valence-corrected chi connectivity index (χ4v) is 3.74. The topological polar surface area (TPSA) is 67.2 Å². The largest absolute Gasteiger partial charge is 0.353 e. The van der Waals surface area contributed by atoms with Gasteiger partial charge in [0.25, 0.3) is 0 Å². The molecule has 154 valence electrons. The number of carbonyl (C=O) groups is 1. The Morgan fingerprint density at radius 2 is 1.83 bits per heavy atom. The second kappa shape index (κ2) is 8.67. The summed E-state index contributed by atoms with van der Waals surface area (Å²) in [5.74, 6) is 1.56. The molecule has 0 atom stereocenters. The van der Waals surface area contributed by atoms with Crippen LogP contribution in [0.4, 0.5) is 5.82 Å². The molecule has 1 aliphatic heterocycles. The Kier molecular flexibility index (Phi) is 5.81. The lowest BCUT2D eigenvalue weighted by molar-refractivity contribution is -0.126. The van der Waals surface area contributed by atoms with Gasteiger partial charge in [0.05, 0.1) is 5.69 Å². The Labute approximate surface area is 180 Å². The Morgan fingerprint density at radius 1 is 1.10 bits per heavy atom. The number of halogens is 1. The summed E-state index contributed by atoms with van der Waals surface area (Å²) >= 11 is 6.23. The van der Waals surface area contributed by atoms with Gasteiger partial charge in [-0.2, -0.15) is 5.10 Å². The first-order chi connectivity index (χ1) is 14.5. The number of hydrogen-bond acceptors (Lipinski definition) is 5. The smallest absolute Gasteiger partial charge is 0.246 e. The van der Waals surface area contributed by atoms with E-state index in [0.717, 1.165) is 35.7 Å². The van der Waals surface area contributed by atoms with E-state index in [1.165, 1.54) is 0 Å². The van der Waals surface area contributed by atoms with Crippen LogP contribution in [0.15, 0.2) is 48.7 Å². The van der Waals surface area contributed by atoms with Crippen LogP contribution < -0.4 is 4.90 Å². The van der Waals surface area contributed by atoms with Crippen molar-refractivity contribution >= 4 is 29.4 Å². The first-order valence-electron chi connectivity index (χ1n) is 9.82. The van der Waals surface area contributed by atoms with Crippen molar-refractivity contribution in [3.8, 4) is 11.4 Å². The summed E-state index contributed by atoms with van der Waals surface area (Å²) in [6.07, 6.45) is 5.10. The van der Waals surface area contributed by atoms with Crippen molar-refractivity contribution in [2.45, 2.75) is 6.92 Å². The molecule has 1 fully saturated rings. The predicted molar refractivity (Wildman–Crippen MR) is 118 cm³/mol. The predicted octanol–water partition coefficient (Wildman–Crippen LogP) is 3.20. The Balaban J connectivity index is 1.39. The molecule has 8 heteroatoms. The molecular formula is C22H23ClN6O. The molecule has 0 N–H and O–H groups in total. The van der Waals surface area contributed by atoms with Crippen molar-refractivity contribution in [3.63, 3.8) is 0 Å². The summed E-state index contributed by atoms with van der Waals surface area (Å²) in [5.41, 5.74) is 2.57. The van der Waals surface area contributed by atoms with E-state index in [4.69, 9.17) is 16.6 Å². The van der Waals surface area contributed by atoms with E-state index in [1.54, 1.807) is 30.1 Å². The number of anilines is 1. The number of carbonyl (C=O) groups excluding carboxylic acids is 1. The molecule has 4 rings (SSSR count). The number of nitrogens with zero attached hydrogens (tertiary/aromatic N) is 6. The fourth-order valence-electron chi connectivity index (χ4n) is 3.50. The van der Waals surface area contributed by atoms with Gasteiger partial charge in [0.1, 0.15) is 11.0 Å². The number of amides is 1. The number of benzene rings is 1. The van der Waals surface area contributed by atoms with Crippen molar-refractivity contribution in [3.05, 3.63) is 65.1 Å². The zero-order valence-corrected chi connectivity index (χ0v) is 17.8. The molecule has 0 unspecified atom stereocenters. The molecule has 0 aliphatic carbocycles. The average Bonchev–Trinajstić information content (AvgIpc) is 3.03. The molecule has 7 nitrogen and oxygen atoms in total. The summed E-state index contributed by atoms with van der Waals surface area (Å²) in [6, 6.07) is 11.8. The summed E-state index contributed by atoms with van der Waals surface area (Å²) in [5, 5.41) is 4.79. The van der Waals surface area contributed by atoms with Gasteiger partial charge in [0.2, 0.25) is 5.91 Å². The fraction of sp³-hybridized carbons (Fsp3) is 0.273. The highest BCUT2D eigenvalue weighted by Crippen LogP contribution is 2.21. The van der Waals surface area contributed by atoms with Crippen molar-refractivity contribution < 1.29 is 4.79 Å². The highest BCUT2D eigenvalue weighted by Gasteiger charge is 2.21. The third-order valence-electron chi connectivity index (χ3n) is 5.18. The maximum Gasteiger partial charge on any atom is 0.246 e. The van der Waals surface area contributed by atoms with Crippen molar-refractivity contribution in [1.29, 1.82) is 0 Å². The van der Waals surface area contributed by atoms with Gasteiger partial charge in [-0.25, -0.2) is 9.97 Å². The Hall–Kier alpha value is -3.19. The molecule has 1 aliphatic rings. The molecule has 0 saturated carbocycles. The molecule has 0 bridgehead atoms. The number of aromatic nitrogens is 4. The third kappa shape index (κ3) is 4.21. The normalized spacial score (nSPS) is 14.5. The lowest BCUT2D eigenvalue weighted by Gasteiger charge is -2.35. The third-order valence-corrected chi connectivity index (χ3v) is 5.63. The lowest BCUT2D eigenvalue weighted by atomic mass is 10.2. The SMILES string of the molecule is Cc1nn(C)c(Cl)c1/C=C/C(=O)N1CCN(c2ccnc(-c3ccccc3)n2)CC1. The van der Waals surface area contributed by atoms with E-state index in [-0.39, 0.29) is 5.91 Å². The van der Waals surface area contributed by atoms with Gasteiger partial charge in [-0.1, -0.05) is 41.9 Å². The van der Waals surface area contributed by atoms with Crippen LogP contribution in [-0.2, 0) is 11.8 Å². The summed E-state index contributed by atoms with van der Waals surface area (Å²) in [4.78, 5) is 25.7. The van der Waals surface area contributed by atoms with Crippen LogP contribution in [0.25, 0.3) is 17.5 Å². The quantitative estimate of drug-likeness (QED) is 0.604. The van der Waals surface area contributed by atoms with Crippen molar-refractivity contribution in [2.75, 3.05) is 31.1 Å². The molecule has 2 aromatic heterocycles. The molecule has 1 aromatic carbocycles. The molecule has 1 saturated heterocycles. The molecular weight excluding hydrogens is 400 g/mol.